The van der Waals surface area contributed by atoms with Gasteiger partial charge in [-0.25, -0.2) is 4.98 Å². The fourth-order valence-corrected chi connectivity index (χ4v) is 5.53. The second-order valence-electron chi connectivity index (χ2n) is 9.44. The van der Waals surface area contributed by atoms with Crippen LogP contribution in [-0.2, 0) is 11.2 Å². The fourth-order valence-electron chi connectivity index (χ4n) is 5.34. The lowest BCUT2D eigenvalue weighted by atomic mass is 9.84. The predicted octanol–water partition coefficient (Wildman–Crippen LogP) is 4.14. The van der Waals surface area contributed by atoms with Crippen molar-refractivity contribution in [3.05, 3.63) is 94.3 Å². The van der Waals surface area contributed by atoms with Crippen LogP contribution >= 0.6 is 11.6 Å². The van der Waals surface area contributed by atoms with Gasteiger partial charge >= 0.3 is 0 Å². The van der Waals surface area contributed by atoms with Gasteiger partial charge in [-0.2, -0.15) is 0 Å². The molecule has 3 amide bonds. The van der Waals surface area contributed by atoms with Gasteiger partial charge in [0.1, 0.15) is 0 Å². The maximum atomic E-state index is 13.6. The number of benzene rings is 3. The van der Waals surface area contributed by atoms with E-state index in [1.165, 1.54) is 0 Å². The topological polar surface area (TPSA) is 107 Å². The molecule has 0 spiro atoms. The number of para-hydroxylation sites is 2. The van der Waals surface area contributed by atoms with Crippen LogP contribution in [0.3, 0.4) is 0 Å². The molecule has 1 unspecified atom stereocenters. The van der Waals surface area contributed by atoms with Crippen molar-refractivity contribution in [3.8, 4) is 0 Å². The van der Waals surface area contributed by atoms with E-state index in [0.717, 1.165) is 16.6 Å². The molecule has 0 bridgehead atoms. The van der Waals surface area contributed by atoms with E-state index >= 15 is 0 Å². The molecule has 37 heavy (non-hydrogen) atoms. The van der Waals surface area contributed by atoms with Crippen LogP contribution in [0.4, 0.5) is 5.69 Å². The zero-order valence-corrected chi connectivity index (χ0v) is 20.6. The number of carbonyl (C=O) groups excluding carboxylic acids is 3. The van der Waals surface area contributed by atoms with Crippen molar-refractivity contribution in [2.75, 3.05) is 18.4 Å². The Morgan fingerprint density at radius 2 is 1.89 bits per heavy atom. The lowest BCUT2D eigenvalue weighted by Gasteiger charge is -2.39. The molecule has 2 aliphatic heterocycles. The molecule has 1 aromatic heterocycles. The average molecular weight is 514 g/mol. The number of imidazole rings is 1. The molecule has 2 aliphatic rings. The molecule has 3 N–H and O–H groups in total. The second kappa shape index (κ2) is 9.37. The SMILES string of the molecule is O=C1Cc2c(cccc2C(=O)N2CC[C@@H](c3cccc(Cl)c3)C(NC(=O)c3nc4ccccc4[nH]3)C2)N1. The molecule has 1 saturated heterocycles. The number of hydrogen-bond donors (Lipinski definition) is 3. The third-order valence-electron chi connectivity index (χ3n) is 7.12. The maximum Gasteiger partial charge on any atom is 0.287 e. The van der Waals surface area contributed by atoms with E-state index in [2.05, 4.69) is 20.6 Å². The van der Waals surface area contributed by atoms with Gasteiger partial charge < -0.3 is 20.5 Å². The van der Waals surface area contributed by atoms with Gasteiger partial charge in [-0.1, -0.05) is 41.9 Å². The molecule has 0 aliphatic carbocycles. The minimum atomic E-state index is -0.367. The molecule has 3 aromatic carbocycles. The summed E-state index contributed by atoms with van der Waals surface area (Å²) in [5, 5.41) is 6.55. The number of anilines is 1. The number of halogens is 1. The highest BCUT2D eigenvalue weighted by Gasteiger charge is 2.36. The van der Waals surface area contributed by atoms with Crippen LogP contribution in [-0.4, -0.2) is 51.7 Å². The van der Waals surface area contributed by atoms with Crippen molar-refractivity contribution in [1.82, 2.24) is 20.2 Å². The zero-order valence-electron chi connectivity index (χ0n) is 19.8. The average Bonchev–Trinajstić information content (AvgIpc) is 3.51. The molecule has 3 heterocycles. The first kappa shape index (κ1) is 23.2. The standard InChI is InChI=1S/C28H24ClN5O3/c29-17-6-3-5-16(13-17)18-11-12-34(28(37)19-7-4-10-21-20(19)14-25(35)30-21)15-24(18)33-27(36)26-31-22-8-1-2-9-23(22)32-26/h1-10,13,18,24H,11-12,14-15H2,(H,30,35)(H,31,32)(H,33,36)/t18-,24?/m0/s1. The fraction of sp³-hybridized carbons (Fsp3) is 0.214. The van der Waals surface area contributed by atoms with E-state index in [0.29, 0.717) is 41.3 Å². The Kier molecular flexibility index (Phi) is 5.88. The van der Waals surface area contributed by atoms with Gasteiger partial charge in [0.05, 0.1) is 23.5 Å². The molecule has 2 atom stereocenters. The maximum absolute atomic E-state index is 13.6. The van der Waals surface area contributed by atoms with Crippen LogP contribution in [0, 0.1) is 0 Å². The van der Waals surface area contributed by atoms with E-state index in [1.807, 2.05) is 48.5 Å². The van der Waals surface area contributed by atoms with E-state index < -0.39 is 0 Å². The summed E-state index contributed by atoms with van der Waals surface area (Å²) in [6.45, 7) is 0.824. The number of piperidine rings is 1. The van der Waals surface area contributed by atoms with E-state index in [1.54, 1.807) is 23.1 Å². The summed E-state index contributed by atoms with van der Waals surface area (Å²) >= 11 is 6.28. The lowest BCUT2D eigenvalue weighted by Crippen LogP contribution is -2.53. The summed E-state index contributed by atoms with van der Waals surface area (Å²) in [5.74, 6) is -0.425. The Labute approximate surface area is 218 Å². The van der Waals surface area contributed by atoms with Crippen LogP contribution < -0.4 is 10.6 Å². The second-order valence-corrected chi connectivity index (χ2v) is 9.88. The van der Waals surface area contributed by atoms with Gasteiger partial charge in [0.2, 0.25) is 5.91 Å². The van der Waals surface area contributed by atoms with Crippen molar-refractivity contribution in [2.45, 2.75) is 24.8 Å². The van der Waals surface area contributed by atoms with Crippen LogP contribution in [0.5, 0.6) is 0 Å². The molecular weight excluding hydrogens is 490 g/mol. The first-order chi connectivity index (χ1) is 18.0. The molecule has 186 valence electrons. The van der Waals surface area contributed by atoms with Crippen molar-refractivity contribution in [3.63, 3.8) is 0 Å². The number of nitrogens with zero attached hydrogens (tertiary/aromatic N) is 2. The van der Waals surface area contributed by atoms with Gasteiger partial charge in [-0.15, -0.1) is 0 Å². The summed E-state index contributed by atoms with van der Waals surface area (Å²) in [4.78, 5) is 48.1. The summed E-state index contributed by atoms with van der Waals surface area (Å²) < 4.78 is 0. The first-order valence-electron chi connectivity index (χ1n) is 12.2. The van der Waals surface area contributed by atoms with E-state index in [9.17, 15) is 14.4 Å². The summed E-state index contributed by atoms with van der Waals surface area (Å²) in [6.07, 6.45) is 0.825. The van der Waals surface area contributed by atoms with Crippen molar-refractivity contribution in [1.29, 1.82) is 0 Å². The van der Waals surface area contributed by atoms with Crippen molar-refractivity contribution < 1.29 is 14.4 Å². The van der Waals surface area contributed by atoms with E-state index in [-0.39, 0.29) is 41.9 Å². The minimum Gasteiger partial charge on any atom is -0.344 e. The minimum absolute atomic E-state index is 0.0409. The van der Waals surface area contributed by atoms with Gasteiger partial charge in [-0.3, -0.25) is 14.4 Å². The number of amides is 3. The Morgan fingerprint density at radius 3 is 2.73 bits per heavy atom. The molecule has 6 rings (SSSR count). The summed E-state index contributed by atoms with van der Waals surface area (Å²) in [6, 6.07) is 20.0. The van der Waals surface area contributed by atoms with Crippen LogP contribution in [0.2, 0.25) is 5.02 Å². The van der Waals surface area contributed by atoms with Crippen molar-refractivity contribution >= 4 is 46.0 Å². The molecule has 0 saturated carbocycles. The van der Waals surface area contributed by atoms with Crippen LogP contribution in [0.25, 0.3) is 11.0 Å². The van der Waals surface area contributed by atoms with Gasteiger partial charge in [0, 0.05) is 35.3 Å². The van der Waals surface area contributed by atoms with Gasteiger partial charge in [0.15, 0.2) is 5.82 Å². The Bertz CT molecular complexity index is 1510. The monoisotopic (exact) mass is 513 g/mol. The quantitative estimate of drug-likeness (QED) is 0.381. The van der Waals surface area contributed by atoms with Crippen LogP contribution in [0.1, 0.15) is 44.4 Å². The Morgan fingerprint density at radius 1 is 1.05 bits per heavy atom. The number of aromatic amines is 1. The van der Waals surface area contributed by atoms with Crippen molar-refractivity contribution in [2.24, 2.45) is 0 Å². The van der Waals surface area contributed by atoms with Gasteiger partial charge in [0.25, 0.3) is 11.8 Å². The Balaban J connectivity index is 1.29. The normalized spacial score (nSPS) is 18.9. The molecule has 0 radical (unpaired) electrons. The number of nitrogens with one attached hydrogen (secondary N) is 3. The molecule has 8 nitrogen and oxygen atoms in total. The first-order valence-corrected chi connectivity index (χ1v) is 12.6. The smallest absolute Gasteiger partial charge is 0.287 e. The largest absolute Gasteiger partial charge is 0.344 e. The number of rotatable bonds is 4. The third-order valence-corrected chi connectivity index (χ3v) is 7.35. The molecule has 4 aromatic rings. The number of H-pyrrole nitrogens is 1. The highest BCUT2D eigenvalue weighted by atomic mass is 35.5. The molecule has 9 heteroatoms. The van der Waals surface area contributed by atoms with E-state index in [4.69, 9.17) is 11.6 Å². The number of fused-ring (bicyclic) bond motifs is 2. The number of hydrogen-bond acceptors (Lipinski definition) is 4. The zero-order chi connectivity index (χ0) is 25.5. The molecular formula is C28H24ClN5O3. The molecule has 1 fully saturated rings. The third kappa shape index (κ3) is 4.44. The number of carbonyl (C=O) groups is 3. The summed E-state index contributed by atoms with van der Waals surface area (Å²) in [7, 11) is 0. The van der Waals surface area contributed by atoms with Gasteiger partial charge in [-0.05, 0) is 53.9 Å². The summed E-state index contributed by atoms with van der Waals surface area (Å²) in [5.41, 5.74) is 4.40. The highest BCUT2D eigenvalue weighted by Crippen LogP contribution is 2.33. The number of likely N-dealkylation sites (tertiary alicyclic amines) is 1. The lowest BCUT2D eigenvalue weighted by molar-refractivity contribution is -0.115. The van der Waals surface area contributed by atoms with Crippen LogP contribution in [0.15, 0.2) is 66.7 Å². The number of aromatic nitrogens is 2. The Hall–Kier alpha value is -4.17. The highest BCUT2D eigenvalue weighted by molar-refractivity contribution is 6.30. The predicted molar refractivity (Wildman–Crippen MR) is 141 cm³/mol.